The average molecular weight is 330 g/mol. The number of aryl methyl sites for hydroxylation is 1. The van der Waals surface area contributed by atoms with Gasteiger partial charge in [-0.2, -0.15) is 10.1 Å². The quantitative estimate of drug-likeness (QED) is 0.721. The molecule has 3 aromatic rings. The van der Waals surface area contributed by atoms with Crippen molar-refractivity contribution in [3.05, 3.63) is 41.4 Å². The summed E-state index contributed by atoms with van der Waals surface area (Å²) in [6.45, 7) is 4.19. The lowest BCUT2D eigenvalue weighted by Crippen LogP contribution is -2.27. The van der Waals surface area contributed by atoms with Crippen molar-refractivity contribution in [1.29, 1.82) is 0 Å². The van der Waals surface area contributed by atoms with E-state index in [0.29, 0.717) is 36.0 Å². The average Bonchev–Trinajstić information content (AvgIpc) is 3.19. The minimum atomic E-state index is -0.429. The molecular weight excluding hydrogens is 312 g/mol. The molecule has 3 rings (SSSR count). The molecule has 0 bridgehead atoms. The molecule has 9 heteroatoms. The van der Waals surface area contributed by atoms with Crippen LogP contribution in [0.25, 0.3) is 5.65 Å². The van der Waals surface area contributed by atoms with Gasteiger partial charge in [0.1, 0.15) is 11.6 Å². The lowest BCUT2D eigenvalue weighted by atomic mass is 10.2. The molecule has 0 unspecified atom stereocenters. The number of fused-ring (bicyclic) bond motifs is 1. The Balaban J connectivity index is 1.72. The molecule has 126 valence electrons. The van der Waals surface area contributed by atoms with Crippen LogP contribution in [-0.2, 0) is 11.2 Å². The van der Waals surface area contributed by atoms with Gasteiger partial charge in [-0.25, -0.2) is 9.50 Å². The van der Waals surface area contributed by atoms with Crippen LogP contribution in [0.5, 0.6) is 0 Å². The highest BCUT2D eigenvalue weighted by atomic mass is 16.5. The van der Waals surface area contributed by atoms with E-state index in [4.69, 9.17) is 9.26 Å². The number of aromatic nitrogens is 5. The van der Waals surface area contributed by atoms with Crippen molar-refractivity contribution in [2.24, 2.45) is 0 Å². The third-order valence-corrected chi connectivity index (χ3v) is 3.46. The highest BCUT2D eigenvalue weighted by Gasteiger charge is 2.20. The van der Waals surface area contributed by atoms with Crippen molar-refractivity contribution in [3.63, 3.8) is 0 Å². The molecule has 9 nitrogen and oxygen atoms in total. The number of methoxy groups -OCH3 is 1. The van der Waals surface area contributed by atoms with Gasteiger partial charge in [0.2, 0.25) is 5.89 Å². The molecule has 24 heavy (non-hydrogen) atoms. The van der Waals surface area contributed by atoms with Crippen LogP contribution in [0.1, 0.15) is 40.6 Å². The number of nitrogens with one attached hydrogen (secondary N) is 1. The lowest BCUT2D eigenvalue weighted by Gasteiger charge is -2.08. The monoisotopic (exact) mass is 330 g/mol. The second-order valence-corrected chi connectivity index (χ2v) is 5.44. The number of carbonyl (C=O) groups is 1. The second-order valence-electron chi connectivity index (χ2n) is 5.44. The fourth-order valence-corrected chi connectivity index (χ4v) is 2.20. The lowest BCUT2D eigenvalue weighted by molar-refractivity contribution is 0.0934. The fraction of sp³-hybridized carbons (Fsp3) is 0.400. The van der Waals surface area contributed by atoms with Gasteiger partial charge in [0.05, 0.1) is 12.8 Å². The number of rotatable bonds is 6. The van der Waals surface area contributed by atoms with Gasteiger partial charge >= 0.3 is 0 Å². The maximum atomic E-state index is 12.5. The third kappa shape index (κ3) is 3.25. The molecule has 1 atom stereocenters. The van der Waals surface area contributed by atoms with Gasteiger partial charge in [0.25, 0.3) is 5.91 Å². The van der Waals surface area contributed by atoms with Crippen molar-refractivity contribution in [2.75, 3.05) is 13.7 Å². The molecule has 0 aliphatic heterocycles. The summed E-state index contributed by atoms with van der Waals surface area (Å²) >= 11 is 0. The molecule has 0 aliphatic rings. The van der Waals surface area contributed by atoms with E-state index in [9.17, 15) is 4.79 Å². The molecule has 0 spiro atoms. The molecular formula is C15H18N6O3. The topological polar surface area (TPSA) is 107 Å². The summed E-state index contributed by atoms with van der Waals surface area (Å²) in [4.78, 5) is 21.0. The van der Waals surface area contributed by atoms with Gasteiger partial charge in [0.15, 0.2) is 11.5 Å². The van der Waals surface area contributed by atoms with Crippen LogP contribution in [0, 0.1) is 6.92 Å². The SMILES string of the molecule is COCCc1noc([C@H](C)NC(=O)c2cnn3cc(C)cnc23)n1. The predicted molar refractivity (Wildman–Crippen MR) is 83.5 cm³/mol. The van der Waals surface area contributed by atoms with E-state index < -0.39 is 6.04 Å². The smallest absolute Gasteiger partial charge is 0.257 e. The Kier molecular flexibility index (Phi) is 4.52. The number of hydrogen-bond donors (Lipinski definition) is 1. The normalized spacial score (nSPS) is 12.5. The highest BCUT2D eigenvalue weighted by Crippen LogP contribution is 2.13. The third-order valence-electron chi connectivity index (χ3n) is 3.46. The first-order valence-corrected chi connectivity index (χ1v) is 7.50. The molecule has 0 saturated carbocycles. The molecule has 3 heterocycles. The molecule has 0 fully saturated rings. The molecule has 0 saturated heterocycles. The van der Waals surface area contributed by atoms with Gasteiger partial charge in [0, 0.05) is 25.9 Å². The van der Waals surface area contributed by atoms with E-state index in [1.54, 1.807) is 24.7 Å². The van der Waals surface area contributed by atoms with Crippen LogP contribution >= 0.6 is 0 Å². The minimum Gasteiger partial charge on any atom is -0.384 e. The van der Waals surface area contributed by atoms with Crippen molar-refractivity contribution in [1.82, 2.24) is 30.1 Å². The fourth-order valence-electron chi connectivity index (χ4n) is 2.20. The molecule has 3 aromatic heterocycles. The van der Waals surface area contributed by atoms with E-state index in [2.05, 4.69) is 25.5 Å². The maximum Gasteiger partial charge on any atom is 0.257 e. The summed E-state index contributed by atoms with van der Waals surface area (Å²) in [7, 11) is 1.61. The minimum absolute atomic E-state index is 0.300. The zero-order chi connectivity index (χ0) is 17.1. The Morgan fingerprint density at radius 2 is 2.29 bits per heavy atom. The van der Waals surface area contributed by atoms with Gasteiger partial charge in [-0.05, 0) is 19.4 Å². The summed E-state index contributed by atoms with van der Waals surface area (Å²) in [6.07, 6.45) is 5.54. The van der Waals surface area contributed by atoms with Gasteiger partial charge in [-0.1, -0.05) is 5.16 Å². The van der Waals surface area contributed by atoms with Crippen molar-refractivity contribution >= 4 is 11.6 Å². The Morgan fingerprint density at radius 1 is 1.46 bits per heavy atom. The Labute approximate surface area is 138 Å². The van der Waals surface area contributed by atoms with Crippen molar-refractivity contribution in [3.8, 4) is 0 Å². The van der Waals surface area contributed by atoms with Crippen LogP contribution in [0.15, 0.2) is 23.1 Å². The number of hydrogen-bond acceptors (Lipinski definition) is 7. The number of nitrogens with zero attached hydrogens (tertiary/aromatic N) is 5. The largest absolute Gasteiger partial charge is 0.384 e. The van der Waals surface area contributed by atoms with E-state index >= 15 is 0 Å². The predicted octanol–water partition coefficient (Wildman–Crippen LogP) is 1.10. The Bertz CT molecular complexity index is 856. The van der Waals surface area contributed by atoms with Crippen LogP contribution < -0.4 is 5.32 Å². The van der Waals surface area contributed by atoms with Crippen LogP contribution in [0.4, 0.5) is 0 Å². The van der Waals surface area contributed by atoms with E-state index in [-0.39, 0.29) is 5.91 Å². The zero-order valence-electron chi connectivity index (χ0n) is 13.7. The Hall–Kier alpha value is -2.81. The summed E-state index contributed by atoms with van der Waals surface area (Å²) in [5.74, 6) is 0.585. The van der Waals surface area contributed by atoms with Gasteiger partial charge in [-0.15, -0.1) is 0 Å². The van der Waals surface area contributed by atoms with Crippen molar-refractivity contribution in [2.45, 2.75) is 26.3 Å². The second kappa shape index (κ2) is 6.75. The van der Waals surface area contributed by atoms with E-state index in [1.807, 2.05) is 13.1 Å². The Morgan fingerprint density at radius 3 is 3.08 bits per heavy atom. The van der Waals surface area contributed by atoms with Crippen molar-refractivity contribution < 1.29 is 14.1 Å². The van der Waals surface area contributed by atoms with Crippen LogP contribution in [0.3, 0.4) is 0 Å². The number of carbonyl (C=O) groups excluding carboxylic acids is 1. The van der Waals surface area contributed by atoms with Crippen LogP contribution in [-0.4, -0.2) is 44.4 Å². The number of amides is 1. The standard InChI is InChI=1S/C15H18N6O3/c1-9-6-16-13-11(7-17-21(13)8-9)14(22)18-10(2)15-19-12(20-24-15)4-5-23-3/h6-8,10H,4-5H2,1-3H3,(H,18,22)/t10-/m0/s1. The molecule has 1 N–H and O–H groups in total. The first-order chi connectivity index (χ1) is 11.6. The summed E-state index contributed by atoms with van der Waals surface area (Å²) in [6, 6.07) is -0.429. The zero-order valence-corrected chi connectivity index (χ0v) is 13.7. The maximum absolute atomic E-state index is 12.5. The highest BCUT2D eigenvalue weighted by molar-refractivity contribution is 5.99. The summed E-state index contributed by atoms with van der Waals surface area (Å²) in [5, 5.41) is 10.8. The number of ether oxygens (including phenoxy) is 1. The first kappa shape index (κ1) is 16.1. The molecule has 0 aliphatic carbocycles. The van der Waals surface area contributed by atoms with E-state index in [1.165, 1.54) is 6.20 Å². The van der Waals surface area contributed by atoms with Crippen LogP contribution in [0.2, 0.25) is 0 Å². The molecule has 0 radical (unpaired) electrons. The van der Waals surface area contributed by atoms with Gasteiger partial charge in [-0.3, -0.25) is 4.79 Å². The van der Waals surface area contributed by atoms with E-state index in [0.717, 1.165) is 5.56 Å². The summed E-state index contributed by atoms with van der Waals surface area (Å²) < 4.78 is 11.7. The van der Waals surface area contributed by atoms with Gasteiger partial charge < -0.3 is 14.6 Å². The molecule has 0 aromatic carbocycles. The molecule has 1 amide bonds. The summed E-state index contributed by atoms with van der Waals surface area (Å²) in [5.41, 5.74) is 1.85. The first-order valence-electron chi connectivity index (χ1n) is 7.50.